The van der Waals surface area contributed by atoms with E-state index in [2.05, 4.69) is 22.3 Å². The minimum absolute atomic E-state index is 0.123. The third-order valence-corrected chi connectivity index (χ3v) is 2.81. The van der Waals surface area contributed by atoms with Crippen LogP contribution in [0.2, 0.25) is 0 Å². The van der Waals surface area contributed by atoms with Gasteiger partial charge >= 0.3 is 5.82 Å². The van der Waals surface area contributed by atoms with Crippen molar-refractivity contribution in [2.45, 2.75) is 19.5 Å². The highest BCUT2D eigenvalue weighted by atomic mass is 16.6. The molecule has 0 amide bonds. The predicted octanol–water partition coefficient (Wildman–Crippen LogP) is 1.54. The molecule has 0 unspecified atom stereocenters. The number of hydrogen-bond donors (Lipinski definition) is 1. The fourth-order valence-corrected chi connectivity index (χ4v) is 1.74. The van der Waals surface area contributed by atoms with Crippen molar-refractivity contribution in [3.8, 4) is 0 Å². The Balaban J connectivity index is 1.81. The van der Waals surface area contributed by atoms with Crippen molar-refractivity contribution in [3.63, 3.8) is 0 Å². The molecular weight excluding hydrogens is 246 g/mol. The van der Waals surface area contributed by atoms with Gasteiger partial charge in [0.25, 0.3) is 0 Å². The van der Waals surface area contributed by atoms with Crippen LogP contribution in [0, 0.1) is 10.1 Å². The summed E-state index contributed by atoms with van der Waals surface area (Å²) in [6.45, 7) is 3.33. The maximum atomic E-state index is 10.5. The molecule has 100 valence electrons. The van der Waals surface area contributed by atoms with E-state index >= 15 is 0 Å². The average molecular weight is 261 g/mol. The molecule has 0 aliphatic rings. The van der Waals surface area contributed by atoms with Crippen LogP contribution in [0.4, 0.5) is 5.82 Å². The van der Waals surface area contributed by atoms with Crippen LogP contribution < -0.4 is 5.32 Å². The molecule has 2 aromatic heterocycles. The van der Waals surface area contributed by atoms with Crippen molar-refractivity contribution < 1.29 is 4.92 Å². The number of rotatable bonds is 6. The van der Waals surface area contributed by atoms with Gasteiger partial charge in [-0.25, -0.2) is 0 Å². The molecule has 0 aromatic carbocycles. The van der Waals surface area contributed by atoms with Gasteiger partial charge in [0.2, 0.25) is 0 Å². The second-order valence-corrected chi connectivity index (χ2v) is 4.15. The summed E-state index contributed by atoms with van der Waals surface area (Å²) in [4.78, 5) is 14.0. The molecule has 0 aliphatic carbocycles. The largest absolute Gasteiger partial charge is 0.389 e. The molecular formula is C12H15N5O2. The highest BCUT2D eigenvalue weighted by molar-refractivity contribution is 5.14. The van der Waals surface area contributed by atoms with Gasteiger partial charge in [0.15, 0.2) is 0 Å². The molecule has 0 radical (unpaired) electrons. The Morgan fingerprint density at radius 2 is 2.16 bits per heavy atom. The first-order chi connectivity index (χ1) is 9.16. The Bertz CT molecular complexity index is 540. The van der Waals surface area contributed by atoms with E-state index in [4.69, 9.17) is 0 Å². The topological polar surface area (TPSA) is 85.9 Å². The van der Waals surface area contributed by atoms with Gasteiger partial charge in [-0.15, -0.1) is 0 Å². The van der Waals surface area contributed by atoms with Gasteiger partial charge in [-0.05, 0) is 29.5 Å². The molecule has 19 heavy (non-hydrogen) atoms. The van der Waals surface area contributed by atoms with Crippen LogP contribution >= 0.6 is 0 Å². The molecule has 2 rings (SSSR count). The monoisotopic (exact) mass is 261 g/mol. The van der Waals surface area contributed by atoms with Crippen LogP contribution in [-0.4, -0.2) is 26.2 Å². The lowest BCUT2D eigenvalue weighted by Gasteiger charge is -2.13. The van der Waals surface area contributed by atoms with Gasteiger partial charge in [0.05, 0.1) is 23.9 Å². The van der Waals surface area contributed by atoms with Crippen molar-refractivity contribution in [3.05, 3.63) is 52.5 Å². The lowest BCUT2D eigenvalue weighted by Crippen LogP contribution is -2.23. The third-order valence-electron chi connectivity index (χ3n) is 2.81. The Morgan fingerprint density at radius 3 is 2.79 bits per heavy atom. The predicted molar refractivity (Wildman–Crippen MR) is 69.5 cm³/mol. The lowest BCUT2D eigenvalue weighted by atomic mass is 10.1. The van der Waals surface area contributed by atoms with Gasteiger partial charge in [0.1, 0.15) is 0 Å². The fraction of sp³-hybridized carbons (Fsp3) is 0.333. The molecule has 0 bridgehead atoms. The zero-order valence-corrected chi connectivity index (χ0v) is 10.6. The Labute approximate surface area is 110 Å². The van der Waals surface area contributed by atoms with Gasteiger partial charge in [0, 0.05) is 25.0 Å². The van der Waals surface area contributed by atoms with Crippen LogP contribution in [0.25, 0.3) is 0 Å². The molecule has 2 aromatic rings. The van der Waals surface area contributed by atoms with Crippen LogP contribution in [0.1, 0.15) is 18.5 Å². The second kappa shape index (κ2) is 6.05. The van der Waals surface area contributed by atoms with E-state index in [1.54, 1.807) is 23.3 Å². The number of nitro groups is 1. The van der Waals surface area contributed by atoms with E-state index < -0.39 is 4.92 Å². The van der Waals surface area contributed by atoms with Crippen molar-refractivity contribution in [1.29, 1.82) is 0 Å². The van der Waals surface area contributed by atoms with Gasteiger partial charge in [-0.2, -0.15) is 4.68 Å². The second-order valence-electron chi connectivity index (χ2n) is 4.15. The Hall–Kier alpha value is -2.28. The maximum Gasteiger partial charge on any atom is 0.389 e. The number of aromatic nitrogens is 3. The highest BCUT2D eigenvalue weighted by Crippen LogP contribution is 2.10. The molecule has 1 N–H and O–H groups in total. The van der Waals surface area contributed by atoms with Crippen LogP contribution in [0.5, 0.6) is 0 Å². The van der Waals surface area contributed by atoms with E-state index in [1.165, 1.54) is 6.07 Å². The fourth-order valence-electron chi connectivity index (χ4n) is 1.74. The molecule has 0 saturated carbocycles. The molecule has 0 saturated heterocycles. The molecule has 0 fully saturated rings. The summed E-state index contributed by atoms with van der Waals surface area (Å²) in [5.41, 5.74) is 1.15. The maximum absolute atomic E-state index is 10.5. The summed E-state index contributed by atoms with van der Waals surface area (Å²) < 4.78 is 1.56. The summed E-state index contributed by atoms with van der Waals surface area (Å²) in [7, 11) is 0. The summed E-state index contributed by atoms with van der Waals surface area (Å²) in [6.07, 6.45) is 5.12. The van der Waals surface area contributed by atoms with Crippen molar-refractivity contribution in [2.24, 2.45) is 0 Å². The Kier molecular flexibility index (Phi) is 4.19. The SMILES string of the molecule is C[C@H](NCCn1ccc([N+](=O)[O-])n1)c1ccncc1. The first kappa shape index (κ1) is 13.2. The van der Waals surface area contributed by atoms with E-state index in [-0.39, 0.29) is 11.9 Å². The van der Waals surface area contributed by atoms with Gasteiger partial charge in [-0.3, -0.25) is 4.98 Å². The molecule has 7 heteroatoms. The van der Waals surface area contributed by atoms with Crippen LogP contribution in [0.15, 0.2) is 36.8 Å². The summed E-state index contributed by atoms with van der Waals surface area (Å²) in [6, 6.07) is 5.51. The van der Waals surface area contributed by atoms with Crippen molar-refractivity contribution in [2.75, 3.05) is 6.54 Å². The lowest BCUT2D eigenvalue weighted by molar-refractivity contribution is -0.389. The smallest absolute Gasteiger partial charge is 0.358 e. The zero-order chi connectivity index (χ0) is 13.7. The molecule has 0 spiro atoms. The summed E-state index contributed by atoms with van der Waals surface area (Å²) >= 11 is 0. The number of pyridine rings is 1. The Morgan fingerprint density at radius 1 is 1.42 bits per heavy atom. The van der Waals surface area contributed by atoms with Crippen molar-refractivity contribution >= 4 is 5.82 Å². The van der Waals surface area contributed by atoms with E-state index in [0.29, 0.717) is 13.1 Å². The molecule has 7 nitrogen and oxygen atoms in total. The number of nitrogens with zero attached hydrogens (tertiary/aromatic N) is 4. The number of nitrogens with one attached hydrogen (secondary N) is 1. The quantitative estimate of drug-likeness (QED) is 0.629. The first-order valence-corrected chi connectivity index (χ1v) is 5.98. The number of hydrogen-bond acceptors (Lipinski definition) is 5. The first-order valence-electron chi connectivity index (χ1n) is 5.98. The molecule has 1 atom stereocenters. The van der Waals surface area contributed by atoms with Crippen LogP contribution in [-0.2, 0) is 6.54 Å². The summed E-state index contributed by atoms with van der Waals surface area (Å²) in [5.74, 6) is -0.123. The molecule has 0 aliphatic heterocycles. The minimum atomic E-state index is -0.497. The average Bonchev–Trinajstić information content (AvgIpc) is 2.89. The standard InChI is InChI=1S/C12H15N5O2/c1-10(11-2-5-13-6-3-11)14-7-9-16-8-4-12(15-16)17(18)19/h2-6,8,10,14H,7,9H2,1H3/t10-/m0/s1. The van der Waals surface area contributed by atoms with E-state index in [1.807, 2.05) is 12.1 Å². The third kappa shape index (κ3) is 3.59. The highest BCUT2D eigenvalue weighted by Gasteiger charge is 2.10. The van der Waals surface area contributed by atoms with Crippen LogP contribution in [0.3, 0.4) is 0 Å². The van der Waals surface area contributed by atoms with Gasteiger partial charge in [-0.1, -0.05) is 0 Å². The zero-order valence-electron chi connectivity index (χ0n) is 10.6. The van der Waals surface area contributed by atoms with E-state index in [9.17, 15) is 10.1 Å². The van der Waals surface area contributed by atoms with Crippen molar-refractivity contribution in [1.82, 2.24) is 20.1 Å². The summed E-state index contributed by atoms with van der Waals surface area (Å²) in [5, 5.41) is 17.7. The molecule has 2 heterocycles. The normalized spacial score (nSPS) is 12.3. The minimum Gasteiger partial charge on any atom is -0.358 e. The van der Waals surface area contributed by atoms with E-state index in [0.717, 1.165) is 5.56 Å². The van der Waals surface area contributed by atoms with Gasteiger partial charge < -0.3 is 15.4 Å².